The van der Waals surface area contributed by atoms with Crippen LogP contribution in [0.2, 0.25) is 0 Å². The lowest BCUT2D eigenvalue weighted by molar-refractivity contribution is -0.192. The van der Waals surface area contributed by atoms with Crippen LogP contribution in [0.4, 0.5) is 13.2 Å². The lowest BCUT2D eigenvalue weighted by Crippen LogP contribution is -2.25. The molecule has 1 amide bonds. The van der Waals surface area contributed by atoms with Gasteiger partial charge in [-0.2, -0.15) is 13.2 Å². The molecule has 0 aromatic rings. The summed E-state index contributed by atoms with van der Waals surface area (Å²) in [7, 11) is 3.11. The molecule has 12 heteroatoms. The second kappa shape index (κ2) is 16.1. The van der Waals surface area contributed by atoms with E-state index in [1.165, 1.54) is 10.8 Å². The lowest BCUT2D eigenvalue weighted by Gasteiger charge is -2.07. The predicted molar refractivity (Wildman–Crippen MR) is 94.2 cm³/mol. The van der Waals surface area contributed by atoms with E-state index < -0.39 is 18.1 Å². The minimum absolute atomic E-state index is 0.0449. The summed E-state index contributed by atoms with van der Waals surface area (Å²) in [5.74, 6) is -2.10. The van der Waals surface area contributed by atoms with Gasteiger partial charge in [0, 0.05) is 31.1 Å². The first-order valence-electron chi connectivity index (χ1n) is 7.61. The van der Waals surface area contributed by atoms with Crippen molar-refractivity contribution >= 4 is 39.4 Å². The van der Waals surface area contributed by atoms with Crippen molar-refractivity contribution in [2.24, 2.45) is 0 Å². The zero-order chi connectivity index (χ0) is 20.6. The highest BCUT2D eigenvalue weighted by atomic mass is 33.1. The Kier molecular flexibility index (Phi) is 16.7. The number of ether oxygens (including phenoxy) is 1. The van der Waals surface area contributed by atoms with Crippen LogP contribution in [0.5, 0.6) is 0 Å². The van der Waals surface area contributed by atoms with Crippen molar-refractivity contribution in [2.75, 3.05) is 24.7 Å². The Labute approximate surface area is 157 Å². The largest absolute Gasteiger partial charge is 0.490 e. The number of halogens is 3. The van der Waals surface area contributed by atoms with Gasteiger partial charge in [0.1, 0.15) is 0 Å². The quantitative estimate of drug-likeness (QED) is 0.324. The molecule has 0 aliphatic heterocycles. The van der Waals surface area contributed by atoms with Gasteiger partial charge in [-0.15, -0.1) is 0 Å². The van der Waals surface area contributed by atoms with Crippen LogP contribution >= 0.6 is 21.6 Å². The number of carbonyl (C=O) groups is 3. The summed E-state index contributed by atoms with van der Waals surface area (Å²) < 4.78 is 37.1. The molecule has 3 N–H and O–H groups in total. The number of hydrogen-bond acceptors (Lipinski definition) is 6. The fourth-order valence-electron chi connectivity index (χ4n) is 1.12. The Morgan fingerprint density at radius 2 is 1.62 bits per heavy atom. The monoisotopic (exact) mass is 423 g/mol. The van der Waals surface area contributed by atoms with Crippen molar-refractivity contribution in [3.8, 4) is 0 Å². The predicted octanol–water partition coefficient (Wildman–Crippen LogP) is 2.80. The summed E-state index contributed by atoms with van der Waals surface area (Å²) in [6.45, 7) is 5.18. The zero-order valence-corrected chi connectivity index (χ0v) is 16.1. The highest BCUT2D eigenvalue weighted by molar-refractivity contribution is 8.76. The molecule has 0 atom stereocenters. The van der Waals surface area contributed by atoms with Crippen molar-refractivity contribution in [1.29, 1.82) is 0 Å². The van der Waals surface area contributed by atoms with Gasteiger partial charge in [-0.05, 0) is 20.3 Å². The fourth-order valence-corrected chi connectivity index (χ4v) is 3.01. The zero-order valence-electron chi connectivity index (χ0n) is 14.5. The highest BCUT2D eigenvalue weighted by Crippen LogP contribution is 2.20. The van der Waals surface area contributed by atoms with Crippen molar-refractivity contribution in [2.45, 2.75) is 45.4 Å². The molecule has 26 heavy (non-hydrogen) atoms. The maximum absolute atomic E-state index is 11.4. The first-order valence-corrected chi connectivity index (χ1v) is 10.1. The molecule has 0 unspecified atom stereocenters. The lowest BCUT2D eigenvalue weighted by atomic mass is 10.3. The molecular weight excluding hydrogens is 399 g/mol. The van der Waals surface area contributed by atoms with E-state index in [2.05, 4.69) is 5.32 Å². The maximum Gasteiger partial charge on any atom is 0.490 e. The number of carbonyl (C=O) groups excluding carboxylic acids is 1. The molecular formula is C14H24F3NO6S2. The van der Waals surface area contributed by atoms with Gasteiger partial charge >= 0.3 is 18.1 Å². The molecule has 0 aliphatic carbocycles. The van der Waals surface area contributed by atoms with Crippen LogP contribution < -0.4 is 5.32 Å². The van der Waals surface area contributed by atoms with Crippen LogP contribution in [-0.4, -0.2) is 65.0 Å². The number of amides is 1. The molecule has 0 saturated carbocycles. The summed E-state index contributed by atoms with van der Waals surface area (Å²) in [6.07, 6.45) is -3.46. The van der Waals surface area contributed by atoms with E-state index in [9.17, 15) is 22.8 Å². The first kappa shape index (κ1) is 27.1. The van der Waals surface area contributed by atoms with Crippen LogP contribution in [0, 0.1) is 0 Å². The molecule has 154 valence electrons. The van der Waals surface area contributed by atoms with E-state index in [1.807, 2.05) is 13.8 Å². The SMILES string of the molecule is CC(C)OCCCC(=O)NCCSSCCC(=O)O.O=C(O)C(F)(F)F. The van der Waals surface area contributed by atoms with Crippen LogP contribution in [0.25, 0.3) is 0 Å². The van der Waals surface area contributed by atoms with Crippen LogP contribution in [0.3, 0.4) is 0 Å². The third kappa shape index (κ3) is 22.9. The van der Waals surface area contributed by atoms with Gasteiger partial charge in [0.25, 0.3) is 0 Å². The molecule has 0 heterocycles. The normalized spacial score (nSPS) is 10.8. The maximum atomic E-state index is 11.4. The van der Waals surface area contributed by atoms with Gasteiger partial charge in [-0.25, -0.2) is 4.79 Å². The number of carboxylic acids is 2. The van der Waals surface area contributed by atoms with Crippen LogP contribution in [-0.2, 0) is 19.1 Å². The topological polar surface area (TPSA) is 113 Å². The van der Waals surface area contributed by atoms with E-state index in [4.69, 9.17) is 19.7 Å². The molecule has 7 nitrogen and oxygen atoms in total. The van der Waals surface area contributed by atoms with Crippen molar-refractivity contribution in [3.63, 3.8) is 0 Å². The van der Waals surface area contributed by atoms with Gasteiger partial charge in [0.2, 0.25) is 5.91 Å². The summed E-state index contributed by atoms with van der Waals surface area (Å²) in [5, 5.41) is 18.4. The van der Waals surface area contributed by atoms with Crippen molar-refractivity contribution in [1.82, 2.24) is 5.32 Å². The summed E-state index contributed by atoms with van der Waals surface area (Å²) >= 11 is 0. The van der Waals surface area contributed by atoms with E-state index in [1.54, 1.807) is 10.8 Å². The fraction of sp³-hybridized carbons (Fsp3) is 0.786. The minimum Gasteiger partial charge on any atom is -0.481 e. The van der Waals surface area contributed by atoms with E-state index in [-0.39, 0.29) is 18.4 Å². The van der Waals surface area contributed by atoms with Crippen molar-refractivity contribution in [3.05, 3.63) is 0 Å². The average molecular weight is 423 g/mol. The second-order valence-electron chi connectivity index (χ2n) is 4.96. The van der Waals surface area contributed by atoms with E-state index in [0.717, 1.165) is 12.2 Å². The Hall–Kier alpha value is -1.14. The number of rotatable bonds is 12. The minimum atomic E-state index is -5.08. The van der Waals surface area contributed by atoms with Crippen LogP contribution in [0.15, 0.2) is 0 Å². The molecule has 0 aromatic heterocycles. The van der Waals surface area contributed by atoms with Gasteiger partial charge in [-0.3, -0.25) is 9.59 Å². The molecule has 0 radical (unpaired) electrons. The summed E-state index contributed by atoms with van der Waals surface area (Å²) in [6, 6.07) is 0. The second-order valence-corrected chi connectivity index (χ2v) is 7.67. The molecule has 0 saturated heterocycles. The van der Waals surface area contributed by atoms with Crippen LogP contribution in [0.1, 0.15) is 33.1 Å². The number of carboxylic acid groups (broad SMARTS) is 2. The average Bonchev–Trinajstić information content (AvgIpc) is 2.49. The smallest absolute Gasteiger partial charge is 0.481 e. The Bertz CT molecular complexity index is 422. The molecule has 0 aromatic carbocycles. The number of aliphatic carboxylic acids is 2. The summed E-state index contributed by atoms with van der Waals surface area (Å²) in [5.41, 5.74) is 0. The van der Waals surface area contributed by atoms with Gasteiger partial charge < -0.3 is 20.3 Å². The highest BCUT2D eigenvalue weighted by Gasteiger charge is 2.38. The van der Waals surface area contributed by atoms with Gasteiger partial charge in [-0.1, -0.05) is 21.6 Å². The molecule has 0 bridgehead atoms. The van der Waals surface area contributed by atoms with E-state index in [0.29, 0.717) is 25.3 Å². The Morgan fingerprint density at radius 1 is 1.08 bits per heavy atom. The first-order chi connectivity index (χ1) is 12.0. The number of nitrogens with one attached hydrogen (secondary N) is 1. The third-order valence-corrected chi connectivity index (χ3v) is 4.64. The molecule has 0 aliphatic rings. The third-order valence-electron chi connectivity index (χ3n) is 2.23. The Balaban J connectivity index is 0. The number of hydrogen-bond donors (Lipinski definition) is 3. The molecule has 0 fully saturated rings. The standard InChI is InChI=1S/C12H23NO4S2.C2HF3O2/c1-10(2)17-7-3-4-11(14)13-6-9-19-18-8-5-12(15)16;3-2(4,5)1(6)7/h10H,3-9H2,1-2H3,(H,13,14)(H,15,16);(H,6,7). The summed E-state index contributed by atoms with van der Waals surface area (Å²) in [4.78, 5) is 30.6. The van der Waals surface area contributed by atoms with Crippen molar-refractivity contribution < 1.29 is 42.5 Å². The molecule has 0 rings (SSSR count). The number of alkyl halides is 3. The Morgan fingerprint density at radius 3 is 2.08 bits per heavy atom. The van der Waals surface area contributed by atoms with Gasteiger partial charge in [0.05, 0.1) is 12.5 Å². The van der Waals surface area contributed by atoms with E-state index >= 15 is 0 Å². The molecule has 0 spiro atoms. The van der Waals surface area contributed by atoms with Gasteiger partial charge in [0.15, 0.2) is 0 Å².